The Kier molecular flexibility index (Phi) is 5.08. The molecule has 0 radical (unpaired) electrons. The zero-order valence-corrected chi connectivity index (χ0v) is 12.8. The molecule has 2 N–H and O–H groups in total. The van der Waals surface area contributed by atoms with Crippen LogP contribution in [0.1, 0.15) is 44.9 Å². The van der Waals surface area contributed by atoms with Crippen LogP contribution in [0.2, 0.25) is 0 Å². The van der Waals surface area contributed by atoms with E-state index in [0.717, 1.165) is 38.5 Å². The molecule has 0 aromatic rings. The number of amides is 2. The second-order valence-electron chi connectivity index (χ2n) is 6.60. The molecular formula is C15H26N2O4. The lowest BCUT2D eigenvalue weighted by molar-refractivity contribution is -0.138. The Hall–Kier alpha value is -1.30. The molecule has 2 amide bonds. The summed E-state index contributed by atoms with van der Waals surface area (Å²) in [4.78, 5) is 26.5. The first-order chi connectivity index (χ1) is 9.89. The second-order valence-corrected chi connectivity index (χ2v) is 6.60. The van der Waals surface area contributed by atoms with E-state index in [0.29, 0.717) is 19.6 Å². The second kappa shape index (κ2) is 6.64. The minimum atomic E-state index is -0.764. The van der Waals surface area contributed by atoms with Gasteiger partial charge in [0.1, 0.15) is 0 Å². The van der Waals surface area contributed by atoms with Crippen LogP contribution in [0.15, 0.2) is 0 Å². The van der Waals surface area contributed by atoms with Crippen molar-refractivity contribution in [3.63, 3.8) is 0 Å². The van der Waals surface area contributed by atoms with Crippen molar-refractivity contribution in [2.75, 3.05) is 26.7 Å². The van der Waals surface area contributed by atoms with E-state index >= 15 is 0 Å². The van der Waals surface area contributed by atoms with Gasteiger partial charge >= 0.3 is 12.0 Å². The highest BCUT2D eigenvalue weighted by Gasteiger charge is 2.35. The third kappa shape index (κ3) is 4.33. The summed E-state index contributed by atoms with van der Waals surface area (Å²) in [5.74, 6) is -0.587. The summed E-state index contributed by atoms with van der Waals surface area (Å²) in [5.41, 5.74) is -0.716. The van der Waals surface area contributed by atoms with Gasteiger partial charge in [-0.3, -0.25) is 4.79 Å². The van der Waals surface area contributed by atoms with Crippen LogP contribution in [0.4, 0.5) is 4.79 Å². The number of rotatable bonds is 4. The van der Waals surface area contributed by atoms with Crippen molar-refractivity contribution in [1.82, 2.24) is 9.80 Å². The summed E-state index contributed by atoms with van der Waals surface area (Å²) in [5, 5.41) is 19.2. The Balaban J connectivity index is 1.79. The Morgan fingerprint density at radius 1 is 1.24 bits per heavy atom. The number of carboxylic acid groups (broad SMARTS) is 1. The van der Waals surface area contributed by atoms with Crippen LogP contribution in [-0.4, -0.2) is 64.3 Å². The van der Waals surface area contributed by atoms with Crippen LogP contribution in [0, 0.1) is 5.92 Å². The Labute approximate surface area is 125 Å². The zero-order valence-electron chi connectivity index (χ0n) is 12.8. The molecule has 1 aliphatic carbocycles. The summed E-state index contributed by atoms with van der Waals surface area (Å²) < 4.78 is 0. The minimum absolute atomic E-state index is 0.0518. The molecule has 0 spiro atoms. The van der Waals surface area contributed by atoms with Crippen LogP contribution < -0.4 is 0 Å². The summed E-state index contributed by atoms with van der Waals surface area (Å²) >= 11 is 0. The third-order valence-corrected chi connectivity index (χ3v) is 4.74. The van der Waals surface area contributed by atoms with Gasteiger partial charge in [0, 0.05) is 26.6 Å². The number of urea groups is 1. The predicted molar refractivity (Wildman–Crippen MR) is 78.0 cm³/mol. The number of likely N-dealkylation sites (N-methyl/N-ethyl adjacent to an activating group) is 1. The van der Waals surface area contributed by atoms with E-state index in [1.807, 2.05) is 0 Å². The highest BCUT2D eigenvalue weighted by Crippen LogP contribution is 2.30. The van der Waals surface area contributed by atoms with Crippen molar-refractivity contribution in [3.8, 4) is 0 Å². The molecule has 1 saturated carbocycles. The van der Waals surface area contributed by atoms with E-state index in [4.69, 9.17) is 5.11 Å². The Bertz CT molecular complexity index is 385. The zero-order chi connectivity index (χ0) is 15.5. The van der Waals surface area contributed by atoms with Crippen LogP contribution in [0.5, 0.6) is 0 Å². The molecule has 1 aliphatic heterocycles. The molecule has 2 fully saturated rings. The van der Waals surface area contributed by atoms with Gasteiger partial charge in [0.05, 0.1) is 12.1 Å². The molecular weight excluding hydrogens is 272 g/mol. The summed E-state index contributed by atoms with van der Waals surface area (Å²) in [6.45, 7) is 1.61. The highest BCUT2D eigenvalue weighted by molar-refractivity contribution is 5.74. The lowest BCUT2D eigenvalue weighted by atomic mass is 9.94. The lowest BCUT2D eigenvalue weighted by Gasteiger charge is -2.36. The fourth-order valence-electron chi connectivity index (χ4n) is 3.52. The minimum Gasteiger partial charge on any atom is -0.481 e. The van der Waals surface area contributed by atoms with E-state index in [1.54, 1.807) is 16.8 Å². The van der Waals surface area contributed by atoms with Gasteiger partial charge in [0.2, 0.25) is 0 Å². The van der Waals surface area contributed by atoms with Gasteiger partial charge in [-0.15, -0.1) is 0 Å². The van der Waals surface area contributed by atoms with E-state index < -0.39 is 11.6 Å². The molecule has 2 aliphatic rings. The maximum atomic E-state index is 12.4. The van der Waals surface area contributed by atoms with Gasteiger partial charge in [-0.1, -0.05) is 12.8 Å². The number of carboxylic acids is 1. The fraction of sp³-hybridized carbons (Fsp3) is 0.867. The first-order valence-corrected chi connectivity index (χ1v) is 7.84. The molecule has 6 nitrogen and oxygen atoms in total. The van der Waals surface area contributed by atoms with Gasteiger partial charge in [-0.25, -0.2) is 4.79 Å². The lowest BCUT2D eigenvalue weighted by Crippen LogP contribution is -2.49. The summed E-state index contributed by atoms with van der Waals surface area (Å²) in [6, 6.07) is -0.0518. The van der Waals surface area contributed by atoms with Crippen molar-refractivity contribution >= 4 is 12.0 Å². The van der Waals surface area contributed by atoms with E-state index in [2.05, 4.69) is 0 Å². The molecule has 0 unspecified atom stereocenters. The smallest absolute Gasteiger partial charge is 0.319 e. The van der Waals surface area contributed by atoms with E-state index in [1.165, 1.54) is 0 Å². The van der Waals surface area contributed by atoms with Gasteiger partial charge in [0.25, 0.3) is 0 Å². The highest BCUT2D eigenvalue weighted by atomic mass is 16.4. The van der Waals surface area contributed by atoms with Crippen LogP contribution in [0.25, 0.3) is 0 Å². The molecule has 120 valence electrons. The maximum absolute atomic E-state index is 12.4. The van der Waals surface area contributed by atoms with E-state index in [9.17, 15) is 14.7 Å². The summed E-state index contributed by atoms with van der Waals surface area (Å²) in [7, 11) is 1.74. The van der Waals surface area contributed by atoms with Crippen LogP contribution >= 0.6 is 0 Å². The van der Waals surface area contributed by atoms with Gasteiger partial charge in [-0.2, -0.15) is 0 Å². The normalized spacial score (nSPS) is 22.3. The maximum Gasteiger partial charge on any atom is 0.319 e. The van der Waals surface area contributed by atoms with Crippen LogP contribution in [-0.2, 0) is 4.79 Å². The molecule has 0 bridgehead atoms. The number of hydrogen-bond donors (Lipinski definition) is 2. The van der Waals surface area contributed by atoms with Crippen molar-refractivity contribution in [3.05, 3.63) is 0 Å². The number of aliphatic carboxylic acids is 1. The molecule has 0 atom stereocenters. The quantitative estimate of drug-likeness (QED) is 0.824. The molecule has 1 saturated heterocycles. The number of carbonyl (C=O) groups excluding carboxylic acids is 1. The van der Waals surface area contributed by atoms with Crippen molar-refractivity contribution < 1.29 is 19.8 Å². The monoisotopic (exact) mass is 298 g/mol. The number of hydrogen-bond acceptors (Lipinski definition) is 3. The molecule has 1 heterocycles. The first kappa shape index (κ1) is 16.1. The van der Waals surface area contributed by atoms with Gasteiger partial charge in [-0.05, 0) is 31.6 Å². The average Bonchev–Trinajstić information content (AvgIpc) is 2.84. The standard InChI is InChI=1S/C15H26N2O4/c1-16(11-15(21)6-2-3-7-15)14(20)17-8-4-12(5-9-17)10-13(18)19/h12,21H,2-11H2,1H3,(H,18,19). The number of piperidine rings is 1. The molecule has 2 rings (SSSR count). The van der Waals surface area contributed by atoms with Crippen LogP contribution in [0.3, 0.4) is 0 Å². The number of carbonyl (C=O) groups is 2. The molecule has 6 heteroatoms. The number of likely N-dealkylation sites (tertiary alicyclic amines) is 1. The molecule has 21 heavy (non-hydrogen) atoms. The third-order valence-electron chi connectivity index (χ3n) is 4.74. The first-order valence-electron chi connectivity index (χ1n) is 7.84. The van der Waals surface area contributed by atoms with Gasteiger partial charge in [0.15, 0.2) is 0 Å². The van der Waals surface area contributed by atoms with Gasteiger partial charge < -0.3 is 20.0 Å². The number of aliphatic hydroxyl groups is 1. The summed E-state index contributed by atoms with van der Waals surface area (Å²) in [6.07, 6.45) is 5.28. The Morgan fingerprint density at radius 2 is 1.81 bits per heavy atom. The molecule has 0 aromatic carbocycles. The predicted octanol–water partition coefficient (Wildman–Crippen LogP) is 1.53. The van der Waals surface area contributed by atoms with Crippen molar-refractivity contribution in [2.24, 2.45) is 5.92 Å². The van der Waals surface area contributed by atoms with Crippen molar-refractivity contribution in [1.29, 1.82) is 0 Å². The average molecular weight is 298 g/mol. The topological polar surface area (TPSA) is 81.1 Å². The van der Waals surface area contributed by atoms with E-state index in [-0.39, 0.29) is 18.4 Å². The Morgan fingerprint density at radius 3 is 2.33 bits per heavy atom. The SMILES string of the molecule is CN(CC1(O)CCCC1)C(=O)N1CCC(CC(=O)O)CC1. The largest absolute Gasteiger partial charge is 0.481 e. The molecule has 0 aromatic heterocycles. The fourth-order valence-corrected chi connectivity index (χ4v) is 3.52. The number of nitrogens with zero attached hydrogens (tertiary/aromatic N) is 2. The van der Waals surface area contributed by atoms with Crippen molar-refractivity contribution in [2.45, 2.75) is 50.5 Å².